The van der Waals surface area contributed by atoms with Gasteiger partial charge in [0.05, 0.1) is 23.2 Å². The number of thioether (sulfide) groups is 1. The number of fused-ring (bicyclic) bond motifs is 1. The first-order valence-corrected chi connectivity index (χ1v) is 14.0. The van der Waals surface area contributed by atoms with Gasteiger partial charge in [-0.2, -0.15) is 5.10 Å². The maximum Gasteiger partial charge on any atom is 0.253 e. The van der Waals surface area contributed by atoms with Crippen LogP contribution in [0.2, 0.25) is 0 Å². The summed E-state index contributed by atoms with van der Waals surface area (Å²) in [6.45, 7) is 0. The smallest absolute Gasteiger partial charge is 0.253 e. The molecule has 1 aromatic heterocycles. The molecule has 1 atom stereocenters. The maximum atomic E-state index is 13.7. The van der Waals surface area contributed by atoms with Gasteiger partial charge in [-0.15, -0.1) is 11.8 Å². The fourth-order valence-corrected chi connectivity index (χ4v) is 6.09. The molecule has 1 N–H and O–H groups in total. The van der Waals surface area contributed by atoms with Crippen molar-refractivity contribution in [2.24, 2.45) is 5.10 Å². The normalized spacial score (nSPS) is 15.2. The molecule has 4 aromatic carbocycles. The van der Waals surface area contributed by atoms with Crippen LogP contribution >= 0.6 is 27.7 Å². The summed E-state index contributed by atoms with van der Waals surface area (Å²) in [5.74, 6) is -0.181. The third kappa shape index (κ3) is 4.91. The summed E-state index contributed by atoms with van der Waals surface area (Å²) in [4.78, 5) is 18.3. The van der Waals surface area contributed by atoms with Gasteiger partial charge < -0.3 is 4.98 Å². The first kappa shape index (κ1) is 24.6. The lowest BCUT2D eigenvalue weighted by Crippen LogP contribution is -2.28. The number of hydrogen-bond acceptors (Lipinski definition) is 3. The van der Waals surface area contributed by atoms with Crippen molar-refractivity contribution in [3.63, 3.8) is 0 Å². The SMILES string of the molecule is O=C(CSc1c(-c2ccccc2)[nH]c2ccccc12)N1N=C(c2ccc(Br)cc2)CC1c1ccc(F)cc1. The van der Waals surface area contributed by atoms with Gasteiger partial charge in [0, 0.05) is 26.7 Å². The summed E-state index contributed by atoms with van der Waals surface area (Å²) < 4.78 is 14.7. The quantitative estimate of drug-likeness (QED) is 0.205. The molecular formula is C31H23BrFN3OS. The van der Waals surface area contributed by atoms with Crippen LogP contribution in [0.15, 0.2) is 118 Å². The van der Waals surface area contributed by atoms with Gasteiger partial charge in [-0.05, 0) is 47.0 Å². The summed E-state index contributed by atoms with van der Waals surface area (Å²) in [7, 11) is 0. The molecule has 0 bridgehead atoms. The van der Waals surface area contributed by atoms with Crippen molar-refractivity contribution >= 4 is 50.2 Å². The van der Waals surface area contributed by atoms with Crippen molar-refractivity contribution in [1.29, 1.82) is 0 Å². The molecule has 1 unspecified atom stereocenters. The van der Waals surface area contributed by atoms with Crippen molar-refractivity contribution in [3.05, 3.63) is 125 Å². The van der Waals surface area contributed by atoms with Crippen molar-refractivity contribution in [2.45, 2.75) is 17.4 Å². The largest absolute Gasteiger partial charge is 0.354 e. The standard InChI is InChI=1S/C31H23BrFN3OS/c32-23-14-10-20(11-15-23)27-18-28(21-12-16-24(33)17-13-21)36(35-27)29(37)19-38-31-25-8-4-5-9-26(25)34-30(31)22-6-2-1-3-7-22/h1-17,28,34H,18-19H2. The number of amides is 1. The molecule has 5 aromatic rings. The molecule has 1 aliphatic heterocycles. The van der Waals surface area contributed by atoms with E-state index in [9.17, 15) is 9.18 Å². The number of H-pyrrole nitrogens is 1. The number of nitrogens with zero attached hydrogens (tertiary/aromatic N) is 2. The Morgan fingerprint density at radius 1 is 0.921 bits per heavy atom. The second-order valence-corrected chi connectivity index (χ2v) is 11.0. The molecule has 0 spiro atoms. The van der Waals surface area contributed by atoms with Gasteiger partial charge in [0.15, 0.2) is 0 Å². The second kappa shape index (κ2) is 10.6. The Bertz CT molecular complexity index is 1630. The molecule has 0 fully saturated rings. The van der Waals surface area contributed by atoms with Crippen LogP contribution in [0.5, 0.6) is 0 Å². The number of carbonyl (C=O) groups is 1. The minimum absolute atomic E-state index is 0.0965. The number of benzene rings is 4. The van der Waals surface area contributed by atoms with E-state index in [1.54, 1.807) is 17.1 Å². The fourth-order valence-electron chi connectivity index (χ4n) is 4.78. The molecule has 1 aliphatic rings. The Morgan fingerprint density at radius 2 is 1.63 bits per heavy atom. The van der Waals surface area contributed by atoms with Gasteiger partial charge in [-0.25, -0.2) is 9.40 Å². The predicted molar refractivity (Wildman–Crippen MR) is 156 cm³/mol. The number of carbonyl (C=O) groups excluding carboxylic acids is 1. The van der Waals surface area contributed by atoms with Gasteiger partial charge in [0.2, 0.25) is 0 Å². The Labute approximate surface area is 232 Å². The van der Waals surface area contributed by atoms with Gasteiger partial charge in [0.25, 0.3) is 5.91 Å². The Hall–Kier alpha value is -3.68. The van der Waals surface area contributed by atoms with E-state index in [-0.39, 0.29) is 23.5 Å². The molecule has 0 aliphatic carbocycles. The topological polar surface area (TPSA) is 48.5 Å². The van der Waals surface area contributed by atoms with Crippen LogP contribution in [-0.2, 0) is 4.79 Å². The van der Waals surface area contributed by atoms with Gasteiger partial charge in [-0.3, -0.25) is 4.79 Å². The van der Waals surface area contributed by atoms with Crippen LogP contribution in [-0.4, -0.2) is 27.4 Å². The fraction of sp³-hybridized carbons (Fsp3) is 0.0968. The van der Waals surface area contributed by atoms with E-state index in [1.165, 1.54) is 23.9 Å². The molecule has 2 heterocycles. The van der Waals surface area contributed by atoms with E-state index < -0.39 is 0 Å². The van der Waals surface area contributed by atoms with E-state index in [0.717, 1.165) is 48.4 Å². The van der Waals surface area contributed by atoms with E-state index in [4.69, 9.17) is 5.10 Å². The number of para-hydroxylation sites is 1. The highest BCUT2D eigenvalue weighted by atomic mass is 79.9. The summed E-state index contributed by atoms with van der Waals surface area (Å²) in [6, 6.07) is 32.2. The first-order valence-electron chi connectivity index (χ1n) is 12.3. The molecule has 38 heavy (non-hydrogen) atoms. The summed E-state index contributed by atoms with van der Waals surface area (Å²) >= 11 is 4.99. The average molecular weight is 585 g/mol. The van der Waals surface area contributed by atoms with Crippen LogP contribution in [0.25, 0.3) is 22.2 Å². The van der Waals surface area contributed by atoms with Crippen LogP contribution in [0, 0.1) is 5.82 Å². The Morgan fingerprint density at radius 3 is 2.39 bits per heavy atom. The van der Waals surface area contributed by atoms with Crippen molar-refractivity contribution < 1.29 is 9.18 Å². The minimum Gasteiger partial charge on any atom is -0.354 e. The van der Waals surface area contributed by atoms with Crippen LogP contribution in [0.3, 0.4) is 0 Å². The number of halogens is 2. The monoisotopic (exact) mass is 583 g/mol. The number of hydrazone groups is 1. The lowest BCUT2D eigenvalue weighted by Gasteiger charge is -2.22. The number of hydrogen-bond donors (Lipinski definition) is 1. The predicted octanol–water partition coefficient (Wildman–Crippen LogP) is 8.21. The average Bonchev–Trinajstić information content (AvgIpc) is 3.56. The van der Waals surface area contributed by atoms with Crippen LogP contribution < -0.4 is 0 Å². The van der Waals surface area contributed by atoms with Crippen molar-refractivity contribution in [1.82, 2.24) is 9.99 Å². The highest BCUT2D eigenvalue weighted by Gasteiger charge is 2.33. The van der Waals surface area contributed by atoms with E-state index in [1.807, 2.05) is 60.7 Å². The van der Waals surface area contributed by atoms with E-state index >= 15 is 0 Å². The third-order valence-electron chi connectivity index (χ3n) is 6.66. The molecular weight excluding hydrogens is 561 g/mol. The molecule has 6 rings (SSSR count). The highest BCUT2D eigenvalue weighted by Crippen LogP contribution is 2.39. The van der Waals surface area contributed by atoms with Crippen LogP contribution in [0.1, 0.15) is 23.6 Å². The van der Waals surface area contributed by atoms with Crippen LogP contribution in [0.4, 0.5) is 4.39 Å². The van der Waals surface area contributed by atoms with Crippen molar-refractivity contribution in [2.75, 3.05) is 5.75 Å². The van der Waals surface area contributed by atoms with Gasteiger partial charge in [-0.1, -0.05) is 88.7 Å². The molecule has 0 saturated heterocycles. The number of aromatic nitrogens is 1. The molecule has 188 valence electrons. The molecule has 0 saturated carbocycles. The number of rotatable bonds is 6. The van der Waals surface area contributed by atoms with E-state index in [2.05, 4.69) is 39.1 Å². The van der Waals surface area contributed by atoms with Gasteiger partial charge >= 0.3 is 0 Å². The lowest BCUT2D eigenvalue weighted by atomic mass is 9.98. The summed E-state index contributed by atoms with van der Waals surface area (Å²) in [5.41, 5.74) is 5.76. The lowest BCUT2D eigenvalue weighted by molar-refractivity contribution is -0.130. The third-order valence-corrected chi connectivity index (χ3v) is 8.29. The number of nitrogens with one attached hydrogen (secondary N) is 1. The maximum absolute atomic E-state index is 13.7. The highest BCUT2D eigenvalue weighted by molar-refractivity contribution is 9.10. The molecule has 4 nitrogen and oxygen atoms in total. The Kier molecular flexibility index (Phi) is 6.87. The van der Waals surface area contributed by atoms with Crippen molar-refractivity contribution in [3.8, 4) is 11.3 Å². The van der Waals surface area contributed by atoms with E-state index in [0.29, 0.717) is 6.42 Å². The molecule has 7 heteroatoms. The number of aromatic amines is 1. The Balaban J connectivity index is 1.31. The molecule has 0 radical (unpaired) electrons. The molecule has 1 amide bonds. The first-order chi connectivity index (χ1) is 18.6. The summed E-state index contributed by atoms with van der Waals surface area (Å²) in [6.07, 6.45) is 0.562. The zero-order valence-electron chi connectivity index (χ0n) is 20.3. The summed E-state index contributed by atoms with van der Waals surface area (Å²) in [5, 5.41) is 7.44. The second-order valence-electron chi connectivity index (χ2n) is 9.09. The minimum atomic E-state index is -0.304. The zero-order valence-corrected chi connectivity index (χ0v) is 22.7. The van der Waals surface area contributed by atoms with Gasteiger partial charge in [0.1, 0.15) is 5.82 Å². The zero-order chi connectivity index (χ0) is 26.1.